The number of rotatable bonds is 35. The molecule has 12 atom stereocenters. The van der Waals surface area contributed by atoms with Gasteiger partial charge in [0, 0.05) is 6.42 Å². The quantitative estimate of drug-likeness (QED) is 0.0303. The maximum Gasteiger partial charge on any atom is 0.220 e. The van der Waals surface area contributed by atoms with Gasteiger partial charge in [0.1, 0.15) is 48.8 Å². The van der Waals surface area contributed by atoms with Crippen molar-refractivity contribution in [2.45, 2.75) is 242 Å². The Labute approximate surface area is 360 Å². The van der Waals surface area contributed by atoms with Gasteiger partial charge in [0.15, 0.2) is 12.6 Å². The molecular weight excluding hydrogens is 774 g/mol. The van der Waals surface area contributed by atoms with Crippen molar-refractivity contribution in [3.05, 3.63) is 24.3 Å². The molecule has 2 heterocycles. The van der Waals surface area contributed by atoms with Crippen LogP contribution in [0.3, 0.4) is 0 Å². The Balaban J connectivity index is 1.87. The summed E-state index contributed by atoms with van der Waals surface area (Å²) >= 11 is 0. The lowest BCUT2D eigenvalue weighted by Gasteiger charge is -2.46. The maximum atomic E-state index is 13.0. The van der Waals surface area contributed by atoms with Crippen LogP contribution in [0.5, 0.6) is 0 Å². The average molecular weight is 860 g/mol. The van der Waals surface area contributed by atoms with Crippen molar-refractivity contribution in [3.8, 4) is 0 Å². The van der Waals surface area contributed by atoms with E-state index in [9.17, 15) is 45.6 Å². The van der Waals surface area contributed by atoms with E-state index in [1.807, 2.05) is 6.08 Å². The van der Waals surface area contributed by atoms with Gasteiger partial charge in [-0.05, 0) is 32.1 Å². The molecule has 0 aromatic rings. The third-order valence-corrected chi connectivity index (χ3v) is 11.6. The van der Waals surface area contributed by atoms with Gasteiger partial charge in [0.05, 0.1) is 32.0 Å². The molecule has 9 N–H and O–H groups in total. The van der Waals surface area contributed by atoms with E-state index >= 15 is 0 Å². The molecule has 0 saturated carbocycles. The molecule has 0 aliphatic carbocycles. The lowest BCUT2D eigenvalue weighted by molar-refractivity contribution is -0.359. The van der Waals surface area contributed by atoms with Crippen molar-refractivity contribution in [1.82, 2.24) is 5.32 Å². The minimum Gasteiger partial charge on any atom is -0.394 e. The van der Waals surface area contributed by atoms with E-state index in [0.29, 0.717) is 12.8 Å². The van der Waals surface area contributed by atoms with E-state index in [4.69, 9.17) is 18.9 Å². The van der Waals surface area contributed by atoms with E-state index in [1.165, 1.54) is 103 Å². The number of hydrogen-bond donors (Lipinski definition) is 9. The number of hydrogen-bond acceptors (Lipinski definition) is 13. The fraction of sp³-hybridized carbons (Fsp3) is 0.891. The summed E-state index contributed by atoms with van der Waals surface area (Å²) in [6.07, 6.45) is 18.2. The van der Waals surface area contributed by atoms with Gasteiger partial charge in [-0.2, -0.15) is 0 Å². The Kier molecular flexibility index (Phi) is 30.9. The molecule has 14 heteroatoms. The molecule has 0 radical (unpaired) electrons. The van der Waals surface area contributed by atoms with Crippen LogP contribution in [0.2, 0.25) is 0 Å². The molecule has 60 heavy (non-hydrogen) atoms. The summed E-state index contributed by atoms with van der Waals surface area (Å²) in [7, 11) is 0. The number of carbonyl (C=O) groups excluding carboxylic acids is 1. The molecule has 2 fully saturated rings. The van der Waals surface area contributed by atoms with Crippen molar-refractivity contribution in [2.75, 3.05) is 19.8 Å². The first kappa shape index (κ1) is 54.6. The summed E-state index contributed by atoms with van der Waals surface area (Å²) in [6.45, 7) is 2.71. The van der Waals surface area contributed by atoms with Crippen LogP contribution in [-0.4, -0.2) is 140 Å². The Morgan fingerprint density at radius 2 is 1.07 bits per heavy atom. The van der Waals surface area contributed by atoms with E-state index in [0.717, 1.165) is 32.1 Å². The van der Waals surface area contributed by atoms with Gasteiger partial charge >= 0.3 is 0 Å². The summed E-state index contributed by atoms with van der Waals surface area (Å²) in [6, 6.07) is -0.923. The molecule has 0 spiro atoms. The first-order chi connectivity index (χ1) is 29.1. The minimum atomic E-state index is -1.79. The number of allylic oxidation sites excluding steroid dienone is 3. The van der Waals surface area contributed by atoms with Gasteiger partial charge in [-0.3, -0.25) is 4.79 Å². The number of amides is 1. The Morgan fingerprint density at radius 1 is 0.583 bits per heavy atom. The standard InChI is InChI=1S/C46H85NO13/c1-3-5-7-9-11-13-14-15-16-17-18-19-20-21-22-23-25-27-29-35(50)34(47-38(51)30-28-26-24-12-10-8-6-4-2)33-57-45-43(56)41(54)44(37(32-49)59-45)60-46-42(55)40(53)39(52)36(31-48)58-46/h21-22,27,29,34-37,39-46,48-50,52-56H,3-20,23-26,28,30-33H2,1-2H3,(H,47,51)/b22-21+,29-27+. The summed E-state index contributed by atoms with van der Waals surface area (Å²) in [5, 5.41) is 86.3. The normalized spacial score (nSPS) is 28.4. The molecule has 12 unspecified atom stereocenters. The summed E-state index contributed by atoms with van der Waals surface area (Å²) in [5.41, 5.74) is 0. The van der Waals surface area contributed by atoms with Crippen molar-refractivity contribution in [1.29, 1.82) is 0 Å². The predicted octanol–water partition coefficient (Wildman–Crippen LogP) is 4.99. The third kappa shape index (κ3) is 21.7. The number of ether oxygens (including phenoxy) is 4. The third-order valence-electron chi connectivity index (χ3n) is 11.6. The summed E-state index contributed by atoms with van der Waals surface area (Å²) in [4.78, 5) is 13.0. The highest BCUT2D eigenvalue weighted by Crippen LogP contribution is 2.30. The Hall–Kier alpha value is -1.53. The fourth-order valence-electron chi connectivity index (χ4n) is 7.72. The maximum absolute atomic E-state index is 13.0. The molecule has 1 amide bonds. The molecular formula is C46H85NO13. The first-order valence-electron chi connectivity index (χ1n) is 23.6. The average Bonchev–Trinajstić information content (AvgIpc) is 3.24. The van der Waals surface area contributed by atoms with Crippen LogP contribution >= 0.6 is 0 Å². The molecule has 2 saturated heterocycles. The van der Waals surface area contributed by atoms with Crippen LogP contribution in [-0.2, 0) is 23.7 Å². The van der Waals surface area contributed by atoms with E-state index in [2.05, 4.69) is 31.3 Å². The number of nitrogens with one attached hydrogen (secondary N) is 1. The zero-order chi connectivity index (χ0) is 44.0. The molecule has 0 aromatic heterocycles. The van der Waals surface area contributed by atoms with Gasteiger partial charge in [0.25, 0.3) is 0 Å². The van der Waals surface area contributed by atoms with Crippen molar-refractivity contribution in [3.63, 3.8) is 0 Å². The molecule has 2 aliphatic rings. The SMILES string of the molecule is CCCCCCCCCCCCCC/C=C/CC/C=C/C(O)C(COC1OC(CO)C(OC2OC(CO)C(O)C(O)C2O)C(O)C1O)NC(=O)CCCCCCCCCC. The van der Waals surface area contributed by atoms with Gasteiger partial charge < -0.3 is 65.1 Å². The molecule has 352 valence electrons. The smallest absolute Gasteiger partial charge is 0.220 e. The number of unbranched alkanes of at least 4 members (excludes halogenated alkanes) is 20. The molecule has 14 nitrogen and oxygen atoms in total. The highest BCUT2D eigenvalue weighted by molar-refractivity contribution is 5.76. The Morgan fingerprint density at radius 3 is 1.63 bits per heavy atom. The molecule has 0 bridgehead atoms. The van der Waals surface area contributed by atoms with Gasteiger partial charge in [-0.1, -0.05) is 154 Å². The Bertz CT molecular complexity index is 1110. The van der Waals surface area contributed by atoms with Crippen LogP contribution in [0.15, 0.2) is 24.3 Å². The molecule has 2 aliphatic heterocycles. The largest absolute Gasteiger partial charge is 0.394 e. The zero-order valence-electron chi connectivity index (χ0n) is 36.9. The van der Waals surface area contributed by atoms with Crippen LogP contribution in [0, 0.1) is 0 Å². The topological polar surface area (TPSA) is 228 Å². The first-order valence-corrected chi connectivity index (χ1v) is 23.6. The molecule has 0 aromatic carbocycles. The second kappa shape index (κ2) is 34.0. The van der Waals surface area contributed by atoms with Gasteiger partial charge in [-0.25, -0.2) is 0 Å². The minimum absolute atomic E-state index is 0.255. The van der Waals surface area contributed by atoms with Crippen LogP contribution in [0.1, 0.15) is 168 Å². The van der Waals surface area contributed by atoms with E-state index in [1.54, 1.807) is 6.08 Å². The number of aliphatic hydroxyl groups excluding tert-OH is 8. The predicted molar refractivity (Wildman–Crippen MR) is 231 cm³/mol. The van der Waals surface area contributed by atoms with Crippen molar-refractivity contribution >= 4 is 5.91 Å². The second-order valence-corrected chi connectivity index (χ2v) is 16.9. The van der Waals surface area contributed by atoms with Gasteiger partial charge in [-0.15, -0.1) is 0 Å². The van der Waals surface area contributed by atoms with Crippen molar-refractivity contribution < 1.29 is 64.6 Å². The van der Waals surface area contributed by atoms with E-state index in [-0.39, 0.29) is 18.9 Å². The van der Waals surface area contributed by atoms with Gasteiger partial charge in [0.2, 0.25) is 5.91 Å². The number of aliphatic hydroxyl groups is 8. The highest BCUT2D eigenvalue weighted by Gasteiger charge is 2.50. The summed E-state index contributed by atoms with van der Waals surface area (Å²) < 4.78 is 22.6. The van der Waals surface area contributed by atoms with Crippen LogP contribution < -0.4 is 5.32 Å². The second-order valence-electron chi connectivity index (χ2n) is 16.9. The van der Waals surface area contributed by atoms with Crippen LogP contribution in [0.4, 0.5) is 0 Å². The summed E-state index contributed by atoms with van der Waals surface area (Å²) in [5.74, 6) is -0.255. The monoisotopic (exact) mass is 860 g/mol. The molecule has 2 rings (SSSR count). The lowest BCUT2D eigenvalue weighted by Crippen LogP contribution is -2.65. The fourth-order valence-corrected chi connectivity index (χ4v) is 7.72. The number of carbonyl (C=O) groups is 1. The lowest BCUT2D eigenvalue weighted by atomic mass is 9.97. The van der Waals surface area contributed by atoms with Crippen molar-refractivity contribution in [2.24, 2.45) is 0 Å². The van der Waals surface area contributed by atoms with Crippen LogP contribution in [0.25, 0.3) is 0 Å². The zero-order valence-corrected chi connectivity index (χ0v) is 36.9. The highest BCUT2D eigenvalue weighted by atomic mass is 16.7. The van der Waals surface area contributed by atoms with E-state index < -0.39 is 86.8 Å².